The molecular formula is C14H20N2O2. The lowest BCUT2D eigenvalue weighted by atomic mass is 9.89. The Labute approximate surface area is 106 Å². The topological polar surface area (TPSA) is 58.0 Å². The molecule has 1 aromatic carbocycles. The maximum Gasteiger partial charge on any atom is 0.417 e. The molecule has 0 spiro atoms. The lowest BCUT2D eigenvalue weighted by molar-refractivity contribution is 0.370. The predicted octanol–water partition coefficient (Wildman–Crippen LogP) is 2.16. The average Bonchev–Trinajstić information content (AvgIpc) is 2.67. The number of hydrogen-bond donors (Lipinski definition) is 2. The molecule has 0 saturated carbocycles. The second kappa shape index (κ2) is 5.40. The van der Waals surface area contributed by atoms with Gasteiger partial charge in [-0.2, -0.15) is 0 Å². The molecule has 4 nitrogen and oxygen atoms in total. The summed E-state index contributed by atoms with van der Waals surface area (Å²) in [4.78, 5) is 13.8. The Morgan fingerprint density at radius 3 is 2.83 bits per heavy atom. The fraction of sp³-hybridized carbons (Fsp3) is 0.500. The van der Waals surface area contributed by atoms with Crippen LogP contribution in [0.3, 0.4) is 0 Å². The highest BCUT2D eigenvalue weighted by Gasteiger charge is 2.14. The van der Waals surface area contributed by atoms with Crippen LogP contribution in [0.4, 0.5) is 0 Å². The van der Waals surface area contributed by atoms with E-state index in [1.54, 1.807) is 0 Å². The molecule has 0 bridgehead atoms. The van der Waals surface area contributed by atoms with Crippen LogP contribution < -0.4 is 11.1 Å². The van der Waals surface area contributed by atoms with Crippen molar-refractivity contribution in [2.75, 3.05) is 13.6 Å². The van der Waals surface area contributed by atoms with Crippen LogP contribution in [0.2, 0.25) is 0 Å². The maximum atomic E-state index is 11.1. The van der Waals surface area contributed by atoms with Gasteiger partial charge >= 0.3 is 5.76 Å². The molecule has 0 amide bonds. The van der Waals surface area contributed by atoms with Gasteiger partial charge in [0.25, 0.3) is 0 Å². The molecule has 1 unspecified atom stereocenters. The number of H-pyrrole nitrogens is 1. The molecule has 0 aliphatic carbocycles. The number of oxazole rings is 1. The zero-order valence-corrected chi connectivity index (χ0v) is 11.1. The summed E-state index contributed by atoms with van der Waals surface area (Å²) < 4.78 is 5.08. The van der Waals surface area contributed by atoms with Crippen molar-refractivity contribution in [3.05, 3.63) is 34.3 Å². The summed E-state index contributed by atoms with van der Waals surface area (Å²) in [6.45, 7) is 5.46. The van der Waals surface area contributed by atoms with Crippen molar-refractivity contribution >= 4 is 11.1 Å². The van der Waals surface area contributed by atoms with Gasteiger partial charge in [-0.25, -0.2) is 4.79 Å². The number of nitrogens with one attached hydrogen (secondary N) is 2. The monoisotopic (exact) mass is 248 g/mol. The van der Waals surface area contributed by atoms with E-state index in [0.29, 0.717) is 17.4 Å². The number of fused-ring (bicyclic) bond motifs is 1. The third-order valence-electron chi connectivity index (χ3n) is 3.39. The van der Waals surface area contributed by atoms with Crippen molar-refractivity contribution in [1.29, 1.82) is 0 Å². The Balaban J connectivity index is 2.22. The first-order chi connectivity index (χ1) is 8.60. The van der Waals surface area contributed by atoms with Crippen molar-refractivity contribution in [2.45, 2.75) is 20.3 Å². The minimum absolute atomic E-state index is 0.391. The molecule has 4 heteroatoms. The highest BCUT2D eigenvalue weighted by Crippen LogP contribution is 2.19. The second-order valence-corrected chi connectivity index (χ2v) is 5.11. The minimum Gasteiger partial charge on any atom is -0.408 e. The molecule has 0 saturated heterocycles. The summed E-state index contributed by atoms with van der Waals surface area (Å²) in [7, 11) is 1.98. The van der Waals surface area contributed by atoms with Gasteiger partial charge in [-0.15, -0.1) is 0 Å². The van der Waals surface area contributed by atoms with Crippen LogP contribution in [0.15, 0.2) is 27.4 Å². The summed E-state index contributed by atoms with van der Waals surface area (Å²) in [5.41, 5.74) is 2.61. The Kier molecular flexibility index (Phi) is 3.87. The van der Waals surface area contributed by atoms with Crippen LogP contribution in [0.25, 0.3) is 11.1 Å². The van der Waals surface area contributed by atoms with Gasteiger partial charge in [-0.1, -0.05) is 19.9 Å². The fourth-order valence-corrected chi connectivity index (χ4v) is 2.23. The summed E-state index contributed by atoms with van der Waals surface area (Å²) >= 11 is 0. The van der Waals surface area contributed by atoms with Crippen LogP contribution in [0.1, 0.15) is 19.4 Å². The van der Waals surface area contributed by atoms with Gasteiger partial charge in [0.1, 0.15) is 0 Å². The lowest BCUT2D eigenvalue weighted by Gasteiger charge is -2.20. The molecule has 98 valence electrons. The van der Waals surface area contributed by atoms with Crippen LogP contribution in [-0.4, -0.2) is 18.6 Å². The van der Waals surface area contributed by atoms with Crippen molar-refractivity contribution in [3.8, 4) is 0 Å². The SMILES string of the molecule is CNCC(Cc1ccc2[nH]c(=O)oc2c1)C(C)C. The van der Waals surface area contributed by atoms with E-state index in [2.05, 4.69) is 30.2 Å². The molecule has 0 aliphatic rings. The first-order valence-electron chi connectivity index (χ1n) is 6.36. The van der Waals surface area contributed by atoms with Crippen LogP contribution in [0.5, 0.6) is 0 Å². The van der Waals surface area contributed by atoms with E-state index in [-0.39, 0.29) is 0 Å². The van der Waals surface area contributed by atoms with Crippen molar-refractivity contribution in [2.24, 2.45) is 11.8 Å². The van der Waals surface area contributed by atoms with Crippen molar-refractivity contribution in [3.63, 3.8) is 0 Å². The predicted molar refractivity (Wildman–Crippen MR) is 72.8 cm³/mol. The third-order valence-corrected chi connectivity index (χ3v) is 3.39. The second-order valence-electron chi connectivity index (χ2n) is 5.11. The summed E-state index contributed by atoms with van der Waals surface area (Å²) in [5, 5.41) is 3.23. The van der Waals surface area contributed by atoms with Gasteiger partial charge in [0, 0.05) is 0 Å². The molecule has 1 heterocycles. The third kappa shape index (κ3) is 2.82. The molecule has 1 aromatic heterocycles. The molecule has 2 aromatic rings. The van der Waals surface area contributed by atoms with Gasteiger partial charge in [0.15, 0.2) is 5.58 Å². The van der Waals surface area contributed by atoms with E-state index in [4.69, 9.17) is 4.42 Å². The number of rotatable bonds is 5. The molecule has 18 heavy (non-hydrogen) atoms. The van der Waals surface area contributed by atoms with Crippen LogP contribution >= 0.6 is 0 Å². The first kappa shape index (κ1) is 12.9. The average molecular weight is 248 g/mol. The van der Waals surface area contributed by atoms with E-state index in [1.807, 2.05) is 19.2 Å². The normalized spacial score (nSPS) is 13.3. The summed E-state index contributed by atoms with van der Waals surface area (Å²) in [6.07, 6.45) is 0.989. The number of hydrogen-bond acceptors (Lipinski definition) is 3. The van der Waals surface area contributed by atoms with Gasteiger partial charge < -0.3 is 9.73 Å². The maximum absolute atomic E-state index is 11.1. The number of benzene rings is 1. The Morgan fingerprint density at radius 2 is 2.17 bits per heavy atom. The highest BCUT2D eigenvalue weighted by molar-refractivity contribution is 5.72. The molecule has 0 aliphatic heterocycles. The molecule has 1 atom stereocenters. The molecular weight excluding hydrogens is 228 g/mol. The quantitative estimate of drug-likeness (QED) is 0.852. The molecule has 2 rings (SSSR count). The van der Waals surface area contributed by atoms with Gasteiger partial charge in [0.2, 0.25) is 0 Å². The Bertz CT molecular complexity index is 568. The summed E-state index contributed by atoms with van der Waals surface area (Å²) in [6, 6.07) is 5.92. The Morgan fingerprint density at radius 1 is 1.39 bits per heavy atom. The smallest absolute Gasteiger partial charge is 0.408 e. The van der Waals surface area contributed by atoms with E-state index in [0.717, 1.165) is 18.5 Å². The van der Waals surface area contributed by atoms with Crippen molar-refractivity contribution < 1.29 is 4.42 Å². The first-order valence-corrected chi connectivity index (χ1v) is 6.36. The zero-order valence-electron chi connectivity index (χ0n) is 11.1. The molecule has 2 N–H and O–H groups in total. The Hall–Kier alpha value is -1.55. The van der Waals surface area contributed by atoms with Crippen LogP contribution in [0, 0.1) is 11.8 Å². The highest BCUT2D eigenvalue weighted by atomic mass is 16.4. The molecule has 0 fully saturated rings. The van der Waals surface area contributed by atoms with Gasteiger partial charge in [-0.3, -0.25) is 4.98 Å². The number of aromatic amines is 1. The fourth-order valence-electron chi connectivity index (χ4n) is 2.23. The van der Waals surface area contributed by atoms with E-state index < -0.39 is 5.76 Å². The molecule has 0 radical (unpaired) electrons. The van der Waals surface area contributed by atoms with Crippen LogP contribution in [-0.2, 0) is 6.42 Å². The van der Waals surface area contributed by atoms with Gasteiger partial charge in [0.05, 0.1) is 5.52 Å². The minimum atomic E-state index is -0.391. The van der Waals surface area contributed by atoms with Gasteiger partial charge in [-0.05, 0) is 49.5 Å². The lowest BCUT2D eigenvalue weighted by Crippen LogP contribution is -2.25. The largest absolute Gasteiger partial charge is 0.417 e. The van der Waals surface area contributed by atoms with E-state index in [1.165, 1.54) is 5.56 Å². The van der Waals surface area contributed by atoms with Crippen molar-refractivity contribution in [1.82, 2.24) is 10.3 Å². The number of aromatic nitrogens is 1. The standard InChI is InChI=1S/C14H20N2O2/c1-9(2)11(8-15-3)6-10-4-5-12-13(7-10)18-14(17)16-12/h4-5,7,9,11,15H,6,8H2,1-3H3,(H,16,17). The summed E-state index contributed by atoms with van der Waals surface area (Å²) in [5.74, 6) is 0.808. The zero-order chi connectivity index (χ0) is 13.1. The van der Waals surface area contributed by atoms with E-state index >= 15 is 0 Å². The van der Waals surface area contributed by atoms with E-state index in [9.17, 15) is 4.79 Å².